The van der Waals surface area contributed by atoms with Crippen LogP contribution in [-0.4, -0.2) is 33.2 Å². The Labute approximate surface area is 176 Å². The van der Waals surface area contributed by atoms with Crippen LogP contribution in [0.3, 0.4) is 0 Å². The van der Waals surface area contributed by atoms with Crippen LogP contribution in [0.4, 0.5) is 0 Å². The van der Waals surface area contributed by atoms with Crippen molar-refractivity contribution >= 4 is 5.91 Å². The highest BCUT2D eigenvalue weighted by Gasteiger charge is 2.31. The first-order chi connectivity index (χ1) is 14.6. The molecule has 1 unspecified atom stereocenters. The van der Waals surface area contributed by atoms with Gasteiger partial charge in [-0.15, -0.1) is 0 Å². The van der Waals surface area contributed by atoms with Crippen LogP contribution >= 0.6 is 0 Å². The standard InChI is InChI=1S/C24H28N4O2/c1-16-7-9-20(30-16)14-25-19-8-10-22-21(13-19)23(26-27(22)2)24(29)28-12-11-17-5-3-4-6-18(17)15-28/h3-7,9,19,25H,8,10-15H2,1-2H3. The van der Waals surface area contributed by atoms with Gasteiger partial charge in [-0.3, -0.25) is 9.48 Å². The maximum atomic E-state index is 13.4. The number of carbonyl (C=O) groups is 1. The molecule has 0 saturated heterocycles. The smallest absolute Gasteiger partial charge is 0.274 e. The molecule has 156 valence electrons. The lowest BCUT2D eigenvalue weighted by Crippen LogP contribution is -2.38. The topological polar surface area (TPSA) is 63.3 Å². The molecule has 0 fully saturated rings. The summed E-state index contributed by atoms with van der Waals surface area (Å²) in [5.74, 6) is 1.94. The fraction of sp³-hybridized carbons (Fsp3) is 0.417. The third-order valence-electron chi connectivity index (χ3n) is 6.44. The number of nitrogens with zero attached hydrogens (tertiary/aromatic N) is 3. The summed E-state index contributed by atoms with van der Waals surface area (Å²) in [7, 11) is 1.96. The highest BCUT2D eigenvalue weighted by molar-refractivity contribution is 5.94. The van der Waals surface area contributed by atoms with E-state index in [2.05, 4.69) is 28.6 Å². The van der Waals surface area contributed by atoms with E-state index in [0.717, 1.165) is 49.3 Å². The van der Waals surface area contributed by atoms with Gasteiger partial charge in [-0.1, -0.05) is 24.3 Å². The SMILES string of the molecule is Cc1ccc(CNC2CCc3c(c(C(=O)N4CCc5ccccc5C4)nn3C)C2)o1. The molecule has 1 aliphatic carbocycles. The van der Waals surface area contributed by atoms with Gasteiger partial charge in [0, 0.05) is 37.4 Å². The second-order valence-corrected chi connectivity index (χ2v) is 8.48. The zero-order chi connectivity index (χ0) is 20.7. The van der Waals surface area contributed by atoms with Crippen molar-refractivity contribution in [3.05, 3.63) is 76.0 Å². The van der Waals surface area contributed by atoms with E-state index in [1.807, 2.05) is 41.8 Å². The monoisotopic (exact) mass is 404 g/mol. The lowest BCUT2D eigenvalue weighted by Gasteiger charge is -2.29. The van der Waals surface area contributed by atoms with Gasteiger partial charge in [0.25, 0.3) is 5.91 Å². The average molecular weight is 405 g/mol. The second kappa shape index (κ2) is 7.76. The molecule has 0 spiro atoms. The van der Waals surface area contributed by atoms with Crippen molar-refractivity contribution in [2.75, 3.05) is 6.54 Å². The number of rotatable bonds is 4. The van der Waals surface area contributed by atoms with E-state index >= 15 is 0 Å². The number of hydrogen-bond acceptors (Lipinski definition) is 4. The lowest BCUT2D eigenvalue weighted by molar-refractivity contribution is 0.0726. The highest BCUT2D eigenvalue weighted by Crippen LogP contribution is 2.27. The Morgan fingerprint density at radius 3 is 2.83 bits per heavy atom. The number of hydrogen-bond donors (Lipinski definition) is 1. The Morgan fingerprint density at radius 2 is 2.03 bits per heavy atom. The maximum Gasteiger partial charge on any atom is 0.274 e. The van der Waals surface area contributed by atoms with E-state index in [9.17, 15) is 4.79 Å². The van der Waals surface area contributed by atoms with Gasteiger partial charge in [0.1, 0.15) is 11.5 Å². The Bertz CT molecular complexity index is 1080. The molecule has 1 N–H and O–H groups in total. The number of nitrogens with one attached hydrogen (secondary N) is 1. The minimum atomic E-state index is 0.0589. The molecular weight excluding hydrogens is 376 g/mol. The Kier molecular flexibility index (Phi) is 4.95. The molecule has 30 heavy (non-hydrogen) atoms. The van der Waals surface area contributed by atoms with Crippen LogP contribution in [0.5, 0.6) is 0 Å². The minimum Gasteiger partial charge on any atom is -0.465 e. The van der Waals surface area contributed by atoms with E-state index in [-0.39, 0.29) is 5.91 Å². The van der Waals surface area contributed by atoms with E-state index in [1.54, 1.807) is 0 Å². The summed E-state index contributed by atoms with van der Waals surface area (Å²) in [6, 6.07) is 12.7. The molecule has 1 aliphatic heterocycles. The lowest BCUT2D eigenvalue weighted by atomic mass is 9.90. The van der Waals surface area contributed by atoms with Crippen molar-refractivity contribution in [2.24, 2.45) is 7.05 Å². The predicted octanol–water partition coefficient (Wildman–Crippen LogP) is 3.17. The fourth-order valence-electron chi connectivity index (χ4n) is 4.78. The van der Waals surface area contributed by atoms with Crippen LogP contribution in [0.1, 0.15) is 50.8 Å². The number of aryl methyl sites for hydroxylation is 2. The molecule has 3 heterocycles. The van der Waals surface area contributed by atoms with Gasteiger partial charge in [0.15, 0.2) is 5.69 Å². The summed E-state index contributed by atoms with van der Waals surface area (Å²) >= 11 is 0. The zero-order valence-corrected chi connectivity index (χ0v) is 17.6. The number of carbonyl (C=O) groups excluding carboxylic acids is 1. The van der Waals surface area contributed by atoms with Crippen LogP contribution in [0.15, 0.2) is 40.8 Å². The Hall–Kier alpha value is -2.86. The first kappa shape index (κ1) is 19.1. The summed E-state index contributed by atoms with van der Waals surface area (Å²) in [6.45, 7) is 4.09. The predicted molar refractivity (Wildman–Crippen MR) is 114 cm³/mol. The third-order valence-corrected chi connectivity index (χ3v) is 6.44. The highest BCUT2D eigenvalue weighted by atomic mass is 16.3. The molecule has 0 bridgehead atoms. The average Bonchev–Trinajstić information content (AvgIpc) is 3.34. The van der Waals surface area contributed by atoms with E-state index in [0.29, 0.717) is 24.8 Å². The van der Waals surface area contributed by atoms with Crippen molar-refractivity contribution in [1.82, 2.24) is 20.0 Å². The van der Waals surface area contributed by atoms with Gasteiger partial charge in [0.05, 0.1) is 6.54 Å². The number of fused-ring (bicyclic) bond motifs is 2. The molecule has 0 radical (unpaired) electrons. The second-order valence-electron chi connectivity index (χ2n) is 8.48. The Balaban J connectivity index is 1.32. The first-order valence-electron chi connectivity index (χ1n) is 10.8. The van der Waals surface area contributed by atoms with Crippen LogP contribution in [-0.2, 0) is 39.4 Å². The van der Waals surface area contributed by atoms with Crippen LogP contribution in [0.25, 0.3) is 0 Å². The van der Waals surface area contributed by atoms with Crippen molar-refractivity contribution < 1.29 is 9.21 Å². The molecule has 1 aromatic carbocycles. The summed E-state index contributed by atoms with van der Waals surface area (Å²) in [6.07, 6.45) is 3.71. The van der Waals surface area contributed by atoms with Gasteiger partial charge in [0.2, 0.25) is 0 Å². The number of benzene rings is 1. The normalized spacial score (nSPS) is 18.2. The van der Waals surface area contributed by atoms with Crippen molar-refractivity contribution in [1.29, 1.82) is 0 Å². The van der Waals surface area contributed by atoms with Crippen molar-refractivity contribution in [3.8, 4) is 0 Å². The molecule has 1 atom stereocenters. The first-order valence-corrected chi connectivity index (χ1v) is 10.8. The molecule has 6 heteroatoms. The quantitative estimate of drug-likeness (QED) is 0.726. The molecule has 1 amide bonds. The van der Waals surface area contributed by atoms with Crippen LogP contribution in [0, 0.1) is 6.92 Å². The Morgan fingerprint density at radius 1 is 1.20 bits per heavy atom. The van der Waals surface area contributed by atoms with E-state index in [4.69, 9.17) is 4.42 Å². The van der Waals surface area contributed by atoms with Gasteiger partial charge in [-0.25, -0.2) is 0 Å². The molecule has 2 aliphatic rings. The van der Waals surface area contributed by atoms with E-state index in [1.165, 1.54) is 16.8 Å². The minimum absolute atomic E-state index is 0.0589. The zero-order valence-electron chi connectivity index (χ0n) is 17.6. The maximum absolute atomic E-state index is 13.4. The fourth-order valence-corrected chi connectivity index (χ4v) is 4.78. The van der Waals surface area contributed by atoms with Gasteiger partial charge in [-0.2, -0.15) is 5.10 Å². The molecule has 3 aromatic rings. The molecular formula is C24H28N4O2. The molecule has 5 rings (SSSR count). The number of furan rings is 1. The summed E-state index contributed by atoms with van der Waals surface area (Å²) in [5, 5.41) is 8.26. The van der Waals surface area contributed by atoms with E-state index < -0.39 is 0 Å². The van der Waals surface area contributed by atoms with Crippen LogP contribution < -0.4 is 5.32 Å². The van der Waals surface area contributed by atoms with Crippen LogP contribution in [0.2, 0.25) is 0 Å². The van der Waals surface area contributed by atoms with Crippen molar-refractivity contribution in [2.45, 2.75) is 51.7 Å². The number of aromatic nitrogens is 2. The summed E-state index contributed by atoms with van der Waals surface area (Å²) in [5.41, 5.74) is 5.54. The van der Waals surface area contributed by atoms with Crippen molar-refractivity contribution in [3.63, 3.8) is 0 Å². The summed E-state index contributed by atoms with van der Waals surface area (Å²) in [4.78, 5) is 15.4. The van der Waals surface area contributed by atoms with Gasteiger partial charge < -0.3 is 14.6 Å². The summed E-state index contributed by atoms with van der Waals surface area (Å²) < 4.78 is 7.59. The van der Waals surface area contributed by atoms with Gasteiger partial charge in [-0.05, 0) is 55.9 Å². The largest absolute Gasteiger partial charge is 0.465 e. The molecule has 2 aromatic heterocycles. The number of amides is 1. The van der Waals surface area contributed by atoms with Gasteiger partial charge >= 0.3 is 0 Å². The molecule has 6 nitrogen and oxygen atoms in total. The molecule has 0 saturated carbocycles. The third kappa shape index (κ3) is 3.56.